The second kappa shape index (κ2) is 11.7. The maximum absolute atomic E-state index is 13.9. The molecule has 36 heavy (non-hydrogen) atoms. The highest BCUT2D eigenvalue weighted by atomic mass is 35.5. The molecule has 0 aliphatic carbocycles. The Labute approximate surface area is 225 Å². The Morgan fingerprint density at radius 2 is 1.97 bits per heavy atom. The van der Waals surface area contributed by atoms with E-state index in [0.717, 1.165) is 40.4 Å². The van der Waals surface area contributed by atoms with Crippen LogP contribution in [0.1, 0.15) is 26.7 Å². The third-order valence-electron chi connectivity index (χ3n) is 6.49. The molecule has 1 amide bonds. The lowest BCUT2D eigenvalue weighted by Gasteiger charge is -2.34. The van der Waals surface area contributed by atoms with E-state index in [9.17, 15) is 13.2 Å². The van der Waals surface area contributed by atoms with Crippen LogP contribution < -0.4 is 9.64 Å². The van der Waals surface area contributed by atoms with Crippen molar-refractivity contribution in [3.8, 4) is 5.75 Å². The minimum atomic E-state index is -3.70. The van der Waals surface area contributed by atoms with E-state index in [1.165, 1.54) is 21.7 Å². The number of rotatable bonds is 10. The van der Waals surface area contributed by atoms with Gasteiger partial charge in [-0.25, -0.2) is 13.4 Å². The standard InChI is InChI=1S/C24H31ClN4O4S3/c1-4-27(5-2)13-14-29(24-26-19-9-8-18(33-3)15-20(19)34-24)23(30)17-7-6-12-28(16-17)36(31,32)22-11-10-21(25)35-22/h8-11,15,17H,4-7,12-14,16H2,1-3H3. The van der Waals surface area contributed by atoms with Crippen LogP contribution in [-0.2, 0) is 14.8 Å². The van der Waals surface area contributed by atoms with Gasteiger partial charge in [0.15, 0.2) is 5.13 Å². The van der Waals surface area contributed by atoms with Gasteiger partial charge in [0.2, 0.25) is 5.91 Å². The van der Waals surface area contributed by atoms with Gasteiger partial charge >= 0.3 is 0 Å². The summed E-state index contributed by atoms with van der Waals surface area (Å²) in [4.78, 5) is 22.7. The average Bonchev–Trinajstić information content (AvgIpc) is 3.52. The van der Waals surface area contributed by atoms with Gasteiger partial charge in [0.05, 0.1) is 27.6 Å². The molecule has 1 unspecified atom stereocenters. The highest BCUT2D eigenvalue weighted by molar-refractivity contribution is 7.91. The fourth-order valence-corrected chi connectivity index (χ4v) is 8.55. The number of thiazole rings is 1. The van der Waals surface area contributed by atoms with Crippen LogP contribution in [0.3, 0.4) is 0 Å². The van der Waals surface area contributed by atoms with Gasteiger partial charge < -0.3 is 9.64 Å². The molecule has 1 saturated heterocycles. The van der Waals surface area contributed by atoms with Gasteiger partial charge in [-0.2, -0.15) is 4.31 Å². The van der Waals surface area contributed by atoms with Gasteiger partial charge in [0.25, 0.3) is 10.0 Å². The minimum absolute atomic E-state index is 0.0858. The first-order chi connectivity index (χ1) is 17.3. The average molecular weight is 571 g/mol. The van der Waals surface area contributed by atoms with Crippen molar-refractivity contribution in [2.75, 3.05) is 51.3 Å². The first-order valence-corrected chi connectivity index (χ1v) is 15.5. The van der Waals surface area contributed by atoms with Crippen LogP contribution in [0.15, 0.2) is 34.5 Å². The molecule has 0 radical (unpaired) electrons. The monoisotopic (exact) mass is 570 g/mol. The van der Waals surface area contributed by atoms with E-state index in [0.29, 0.717) is 41.9 Å². The number of hydrogen-bond acceptors (Lipinski definition) is 8. The molecule has 2 aromatic heterocycles. The number of benzene rings is 1. The SMILES string of the molecule is CCN(CC)CCN(C(=O)C1CCCN(S(=O)(=O)c2ccc(Cl)s2)C1)c1nc2ccc(OC)cc2s1. The predicted molar refractivity (Wildman–Crippen MR) is 147 cm³/mol. The molecule has 196 valence electrons. The number of methoxy groups -OCH3 is 1. The number of piperidine rings is 1. The summed E-state index contributed by atoms with van der Waals surface area (Å²) >= 11 is 8.48. The molecule has 0 saturated carbocycles. The molecule has 3 heterocycles. The Morgan fingerprint density at radius 3 is 2.64 bits per heavy atom. The molecule has 1 atom stereocenters. The van der Waals surface area contributed by atoms with Crippen LogP contribution in [0.5, 0.6) is 5.75 Å². The van der Waals surface area contributed by atoms with E-state index < -0.39 is 15.9 Å². The van der Waals surface area contributed by atoms with E-state index in [1.54, 1.807) is 18.1 Å². The predicted octanol–water partition coefficient (Wildman–Crippen LogP) is 4.80. The molecule has 1 aliphatic rings. The Kier molecular flexibility index (Phi) is 8.90. The van der Waals surface area contributed by atoms with E-state index in [4.69, 9.17) is 21.3 Å². The normalized spacial score (nSPS) is 17.1. The summed E-state index contributed by atoms with van der Waals surface area (Å²) in [5, 5.41) is 0.625. The maximum atomic E-state index is 13.9. The maximum Gasteiger partial charge on any atom is 0.252 e. The number of anilines is 1. The second-order valence-corrected chi connectivity index (χ2v) is 13.5. The fraction of sp³-hybridized carbons (Fsp3) is 0.500. The molecular formula is C24H31ClN4O4S3. The smallest absolute Gasteiger partial charge is 0.252 e. The van der Waals surface area contributed by atoms with Crippen molar-refractivity contribution in [1.82, 2.24) is 14.2 Å². The topological polar surface area (TPSA) is 83.0 Å². The van der Waals surface area contributed by atoms with Gasteiger partial charge in [-0.05, 0) is 56.3 Å². The van der Waals surface area contributed by atoms with Gasteiger partial charge in [-0.15, -0.1) is 11.3 Å². The van der Waals surface area contributed by atoms with Crippen molar-refractivity contribution in [3.63, 3.8) is 0 Å². The number of amides is 1. The largest absolute Gasteiger partial charge is 0.497 e. The molecule has 8 nitrogen and oxygen atoms in total. The van der Waals surface area contributed by atoms with Crippen molar-refractivity contribution < 1.29 is 17.9 Å². The number of aromatic nitrogens is 1. The lowest BCUT2D eigenvalue weighted by molar-refractivity contribution is -0.123. The van der Waals surface area contributed by atoms with Gasteiger partial charge in [0.1, 0.15) is 9.96 Å². The summed E-state index contributed by atoms with van der Waals surface area (Å²) < 4.78 is 34.7. The number of carbonyl (C=O) groups excluding carboxylic acids is 1. The second-order valence-electron chi connectivity index (χ2n) is 8.61. The number of likely N-dealkylation sites (N-methyl/N-ethyl adjacent to an activating group) is 1. The summed E-state index contributed by atoms with van der Waals surface area (Å²) in [5.41, 5.74) is 0.805. The Balaban J connectivity index is 1.60. The van der Waals surface area contributed by atoms with Crippen LogP contribution in [-0.4, -0.2) is 74.9 Å². The lowest BCUT2D eigenvalue weighted by atomic mass is 9.98. The quantitative estimate of drug-likeness (QED) is 0.348. The summed E-state index contributed by atoms with van der Waals surface area (Å²) in [6.45, 7) is 7.70. The minimum Gasteiger partial charge on any atom is -0.497 e. The van der Waals surface area contributed by atoms with Gasteiger partial charge in [-0.3, -0.25) is 9.69 Å². The molecule has 3 aromatic rings. The third-order valence-corrected chi connectivity index (χ3v) is 11.1. The van der Waals surface area contributed by atoms with Crippen LogP contribution in [0.2, 0.25) is 4.34 Å². The number of halogens is 1. The van der Waals surface area contributed by atoms with Crippen LogP contribution in [0, 0.1) is 5.92 Å². The molecule has 0 N–H and O–H groups in total. The molecule has 1 fully saturated rings. The Bertz CT molecular complexity index is 1310. The van der Waals surface area contributed by atoms with Crippen molar-refractivity contribution in [2.45, 2.75) is 30.9 Å². The van der Waals surface area contributed by atoms with Crippen molar-refractivity contribution in [3.05, 3.63) is 34.7 Å². The lowest BCUT2D eigenvalue weighted by Crippen LogP contribution is -2.48. The molecule has 1 aliphatic heterocycles. The molecule has 1 aromatic carbocycles. The molecule has 4 rings (SSSR count). The zero-order valence-corrected chi connectivity index (χ0v) is 23.9. The highest BCUT2D eigenvalue weighted by Crippen LogP contribution is 2.34. The zero-order valence-electron chi connectivity index (χ0n) is 20.6. The molecule has 0 bridgehead atoms. The fourth-order valence-electron chi connectivity index (χ4n) is 4.36. The zero-order chi connectivity index (χ0) is 25.9. The summed E-state index contributed by atoms with van der Waals surface area (Å²) in [7, 11) is -2.08. The number of carbonyl (C=O) groups is 1. The van der Waals surface area contributed by atoms with Crippen LogP contribution in [0.25, 0.3) is 10.2 Å². The van der Waals surface area contributed by atoms with Crippen LogP contribution >= 0.6 is 34.3 Å². The summed E-state index contributed by atoms with van der Waals surface area (Å²) in [5.74, 6) is 0.208. The number of sulfonamides is 1. The molecule has 12 heteroatoms. The van der Waals surface area contributed by atoms with E-state index in [2.05, 4.69) is 18.7 Å². The summed E-state index contributed by atoms with van der Waals surface area (Å²) in [6.07, 6.45) is 1.26. The Hall–Kier alpha value is -1.76. The number of thiophene rings is 1. The van der Waals surface area contributed by atoms with E-state index in [-0.39, 0.29) is 16.7 Å². The number of fused-ring (bicyclic) bond motifs is 1. The Morgan fingerprint density at radius 1 is 1.19 bits per heavy atom. The van der Waals surface area contributed by atoms with Crippen molar-refractivity contribution in [2.24, 2.45) is 5.92 Å². The van der Waals surface area contributed by atoms with Gasteiger partial charge in [-0.1, -0.05) is 36.8 Å². The van der Waals surface area contributed by atoms with Gasteiger partial charge in [0, 0.05) is 26.2 Å². The number of ether oxygens (including phenoxy) is 1. The molecule has 0 spiro atoms. The van der Waals surface area contributed by atoms with Crippen molar-refractivity contribution >= 4 is 65.6 Å². The third kappa shape index (κ3) is 5.87. The van der Waals surface area contributed by atoms with Crippen molar-refractivity contribution in [1.29, 1.82) is 0 Å². The summed E-state index contributed by atoms with van der Waals surface area (Å²) in [6, 6.07) is 8.78. The number of hydrogen-bond donors (Lipinski definition) is 0. The first-order valence-electron chi connectivity index (χ1n) is 12.0. The highest BCUT2D eigenvalue weighted by Gasteiger charge is 2.36. The van der Waals surface area contributed by atoms with E-state index in [1.807, 2.05) is 18.2 Å². The first kappa shape index (κ1) is 27.3. The van der Waals surface area contributed by atoms with Crippen LogP contribution in [0.4, 0.5) is 5.13 Å². The number of nitrogens with zero attached hydrogens (tertiary/aromatic N) is 4. The molecular weight excluding hydrogens is 540 g/mol. The van der Waals surface area contributed by atoms with E-state index >= 15 is 0 Å².